The van der Waals surface area contributed by atoms with Crippen molar-refractivity contribution in [2.24, 2.45) is 0 Å². The van der Waals surface area contributed by atoms with Crippen LogP contribution in [0.25, 0.3) is 5.52 Å². The molecule has 0 aliphatic carbocycles. The molecule has 1 fully saturated rings. The first-order valence-electron chi connectivity index (χ1n) is 7.27. The van der Waals surface area contributed by atoms with Crippen LogP contribution in [0.1, 0.15) is 17.3 Å². The number of pyridine rings is 1. The summed E-state index contributed by atoms with van der Waals surface area (Å²) in [6, 6.07) is 4.06. The third-order valence-electron chi connectivity index (χ3n) is 3.87. The summed E-state index contributed by atoms with van der Waals surface area (Å²) in [6.07, 6.45) is 3.47. The maximum Gasteiger partial charge on any atom is 0.341 e. The topological polar surface area (TPSA) is 50.1 Å². The number of esters is 1. The Bertz CT molecular complexity index is 644. The molecule has 0 radical (unpaired) electrons. The van der Waals surface area contributed by atoms with E-state index in [9.17, 15) is 4.79 Å². The van der Waals surface area contributed by atoms with Gasteiger partial charge in [0.2, 0.25) is 0 Å². The van der Waals surface area contributed by atoms with Crippen LogP contribution in [0.15, 0.2) is 24.5 Å². The van der Waals surface area contributed by atoms with Crippen molar-refractivity contribution in [3.8, 4) is 0 Å². The lowest BCUT2D eigenvalue weighted by Crippen LogP contribution is -2.44. The number of fused-ring (bicyclic) bond motifs is 1. The predicted molar refractivity (Wildman–Crippen MR) is 80.9 cm³/mol. The molecular weight excluding hydrogens is 268 g/mol. The highest BCUT2D eigenvalue weighted by atomic mass is 16.5. The highest BCUT2D eigenvalue weighted by Crippen LogP contribution is 2.21. The average Bonchev–Trinajstić information content (AvgIpc) is 2.91. The lowest BCUT2D eigenvalue weighted by atomic mass is 10.2. The maximum atomic E-state index is 12.0. The van der Waals surface area contributed by atoms with Crippen LogP contribution in [0.2, 0.25) is 0 Å². The first-order valence-corrected chi connectivity index (χ1v) is 7.27. The first-order chi connectivity index (χ1) is 10.2. The molecule has 3 heterocycles. The van der Waals surface area contributed by atoms with Crippen molar-refractivity contribution in [2.75, 3.05) is 44.7 Å². The zero-order chi connectivity index (χ0) is 14.8. The van der Waals surface area contributed by atoms with Crippen molar-refractivity contribution < 1.29 is 9.53 Å². The minimum absolute atomic E-state index is 0.317. The molecule has 1 aliphatic rings. The summed E-state index contributed by atoms with van der Waals surface area (Å²) >= 11 is 0. The predicted octanol–water partition coefficient (Wildman–Crippen LogP) is 1.26. The fourth-order valence-electron chi connectivity index (χ4n) is 2.60. The summed E-state index contributed by atoms with van der Waals surface area (Å²) in [4.78, 5) is 16.6. The van der Waals surface area contributed by atoms with Crippen molar-refractivity contribution in [3.63, 3.8) is 0 Å². The third-order valence-corrected chi connectivity index (χ3v) is 3.87. The highest BCUT2D eigenvalue weighted by molar-refractivity contribution is 5.97. The molecule has 1 saturated heterocycles. The molecule has 3 rings (SSSR count). The van der Waals surface area contributed by atoms with Crippen molar-refractivity contribution in [1.29, 1.82) is 0 Å². The summed E-state index contributed by atoms with van der Waals surface area (Å²) in [6.45, 7) is 6.27. The van der Waals surface area contributed by atoms with Gasteiger partial charge in [-0.25, -0.2) is 9.31 Å². The highest BCUT2D eigenvalue weighted by Gasteiger charge is 2.18. The van der Waals surface area contributed by atoms with Gasteiger partial charge in [-0.1, -0.05) is 0 Å². The Labute approximate surface area is 123 Å². The lowest BCUT2D eigenvalue weighted by molar-refractivity contribution is 0.0528. The minimum Gasteiger partial charge on any atom is -0.462 e. The first kappa shape index (κ1) is 13.9. The molecule has 0 aromatic carbocycles. The zero-order valence-corrected chi connectivity index (χ0v) is 12.5. The van der Waals surface area contributed by atoms with E-state index in [1.54, 1.807) is 17.6 Å². The molecule has 6 nitrogen and oxygen atoms in total. The SMILES string of the molecule is CCOC(=O)c1cnn2ccc(N3CCN(C)CC3)cc12. The van der Waals surface area contributed by atoms with E-state index in [0.717, 1.165) is 37.4 Å². The number of carbonyl (C=O) groups excluding carboxylic acids is 1. The third kappa shape index (κ3) is 2.71. The van der Waals surface area contributed by atoms with Crippen LogP contribution < -0.4 is 4.90 Å². The van der Waals surface area contributed by atoms with Crippen LogP contribution in [0, 0.1) is 0 Å². The number of likely N-dealkylation sites (N-methyl/N-ethyl adjacent to an activating group) is 1. The number of ether oxygens (including phenoxy) is 1. The van der Waals surface area contributed by atoms with Gasteiger partial charge in [0.25, 0.3) is 0 Å². The van der Waals surface area contributed by atoms with Gasteiger partial charge >= 0.3 is 5.97 Å². The number of aromatic nitrogens is 2. The number of anilines is 1. The smallest absolute Gasteiger partial charge is 0.341 e. The Kier molecular flexibility index (Phi) is 3.79. The van der Waals surface area contributed by atoms with Gasteiger partial charge in [0.15, 0.2) is 0 Å². The Hall–Kier alpha value is -2.08. The van der Waals surface area contributed by atoms with E-state index < -0.39 is 0 Å². The molecule has 2 aromatic heterocycles. The van der Waals surface area contributed by atoms with Crippen LogP contribution in [-0.4, -0.2) is 60.3 Å². The molecule has 2 aromatic rings. The van der Waals surface area contributed by atoms with Gasteiger partial charge in [0.05, 0.1) is 18.3 Å². The Morgan fingerprint density at radius 3 is 2.81 bits per heavy atom. The number of hydrogen-bond acceptors (Lipinski definition) is 5. The van der Waals surface area contributed by atoms with Gasteiger partial charge in [-0.05, 0) is 26.1 Å². The van der Waals surface area contributed by atoms with Crippen LogP contribution in [0.4, 0.5) is 5.69 Å². The quantitative estimate of drug-likeness (QED) is 0.796. The number of hydrogen-bond donors (Lipinski definition) is 0. The molecular formula is C15H20N4O2. The van der Waals surface area contributed by atoms with Crippen LogP contribution in [-0.2, 0) is 4.74 Å². The molecule has 0 saturated carbocycles. The van der Waals surface area contributed by atoms with E-state index in [1.807, 2.05) is 18.3 Å². The van der Waals surface area contributed by atoms with Crippen LogP contribution in [0.5, 0.6) is 0 Å². The second-order valence-electron chi connectivity index (χ2n) is 5.28. The zero-order valence-electron chi connectivity index (χ0n) is 12.5. The van der Waals surface area contributed by atoms with E-state index in [2.05, 4.69) is 21.9 Å². The van der Waals surface area contributed by atoms with Crippen LogP contribution >= 0.6 is 0 Å². The minimum atomic E-state index is -0.317. The molecule has 112 valence electrons. The largest absolute Gasteiger partial charge is 0.462 e. The van der Waals surface area contributed by atoms with Gasteiger partial charge in [0, 0.05) is 38.1 Å². The number of rotatable bonds is 3. The van der Waals surface area contributed by atoms with Crippen molar-refractivity contribution in [3.05, 3.63) is 30.1 Å². The standard InChI is InChI=1S/C15H20N4O2/c1-3-21-15(20)13-11-16-19-5-4-12(10-14(13)19)18-8-6-17(2)7-9-18/h4-5,10-11H,3,6-9H2,1-2H3. The van der Waals surface area contributed by atoms with Crippen molar-refractivity contribution in [1.82, 2.24) is 14.5 Å². The maximum absolute atomic E-state index is 12.0. The van der Waals surface area contributed by atoms with E-state index in [1.165, 1.54) is 0 Å². The van der Waals surface area contributed by atoms with Crippen molar-refractivity contribution >= 4 is 17.2 Å². The summed E-state index contributed by atoms with van der Waals surface area (Å²) < 4.78 is 6.80. The van der Waals surface area contributed by atoms with E-state index in [4.69, 9.17) is 4.74 Å². The summed E-state index contributed by atoms with van der Waals surface area (Å²) in [5.74, 6) is -0.317. The molecule has 1 aliphatic heterocycles. The second-order valence-corrected chi connectivity index (χ2v) is 5.28. The number of nitrogens with zero attached hydrogens (tertiary/aromatic N) is 4. The summed E-state index contributed by atoms with van der Waals surface area (Å²) in [5, 5.41) is 4.21. The van der Waals surface area contributed by atoms with Gasteiger partial charge < -0.3 is 14.5 Å². The normalized spacial score (nSPS) is 16.4. The molecule has 0 atom stereocenters. The van der Waals surface area contributed by atoms with E-state index >= 15 is 0 Å². The average molecular weight is 288 g/mol. The number of piperazine rings is 1. The fourth-order valence-corrected chi connectivity index (χ4v) is 2.60. The molecule has 0 spiro atoms. The van der Waals surface area contributed by atoms with Crippen molar-refractivity contribution in [2.45, 2.75) is 6.92 Å². The molecule has 0 amide bonds. The second kappa shape index (κ2) is 5.73. The van der Waals surface area contributed by atoms with Crippen LogP contribution in [0.3, 0.4) is 0 Å². The summed E-state index contributed by atoms with van der Waals surface area (Å²) in [5.41, 5.74) is 2.44. The molecule has 0 unspecified atom stereocenters. The molecule has 21 heavy (non-hydrogen) atoms. The molecule has 0 N–H and O–H groups in total. The monoisotopic (exact) mass is 288 g/mol. The molecule has 0 bridgehead atoms. The van der Waals surface area contributed by atoms with Gasteiger partial charge in [-0.3, -0.25) is 0 Å². The Balaban J connectivity index is 1.91. The van der Waals surface area contributed by atoms with Gasteiger partial charge in [-0.2, -0.15) is 5.10 Å². The summed E-state index contributed by atoms with van der Waals surface area (Å²) in [7, 11) is 2.14. The molecule has 6 heteroatoms. The Morgan fingerprint density at radius 2 is 2.10 bits per heavy atom. The van der Waals surface area contributed by atoms with Gasteiger partial charge in [-0.15, -0.1) is 0 Å². The van der Waals surface area contributed by atoms with E-state index in [-0.39, 0.29) is 5.97 Å². The fraction of sp³-hybridized carbons (Fsp3) is 0.467. The Morgan fingerprint density at radius 1 is 1.33 bits per heavy atom. The van der Waals surface area contributed by atoms with E-state index in [0.29, 0.717) is 12.2 Å². The lowest BCUT2D eigenvalue weighted by Gasteiger charge is -2.34. The van der Waals surface area contributed by atoms with Gasteiger partial charge in [0.1, 0.15) is 5.56 Å². The number of carbonyl (C=O) groups is 1.